The van der Waals surface area contributed by atoms with E-state index in [2.05, 4.69) is 0 Å². The Morgan fingerprint density at radius 3 is 2.41 bits per heavy atom. The van der Waals surface area contributed by atoms with Gasteiger partial charge in [-0.2, -0.15) is 0 Å². The van der Waals surface area contributed by atoms with Crippen molar-refractivity contribution in [3.63, 3.8) is 0 Å². The number of nitrogens with zero attached hydrogens (tertiary/aromatic N) is 1. The molecule has 0 fully saturated rings. The number of esters is 1. The number of rotatable bonds is 7. The molecular formula is C25H28FNO5. The van der Waals surface area contributed by atoms with Gasteiger partial charge in [0.05, 0.1) is 32.4 Å². The van der Waals surface area contributed by atoms with Gasteiger partial charge in [0.1, 0.15) is 5.82 Å². The molecule has 0 aliphatic carbocycles. The summed E-state index contributed by atoms with van der Waals surface area (Å²) in [5, 5.41) is 0. The average Bonchev–Trinajstić information content (AvgIpc) is 2.76. The first-order valence-electron chi connectivity index (χ1n) is 10.4. The molecule has 0 saturated carbocycles. The fourth-order valence-electron chi connectivity index (χ4n) is 3.97. The highest BCUT2D eigenvalue weighted by Crippen LogP contribution is 2.44. The van der Waals surface area contributed by atoms with Gasteiger partial charge in [0.25, 0.3) is 0 Å². The molecule has 1 heterocycles. The van der Waals surface area contributed by atoms with Gasteiger partial charge in [-0.15, -0.1) is 0 Å². The van der Waals surface area contributed by atoms with Crippen LogP contribution in [0.5, 0.6) is 11.5 Å². The van der Waals surface area contributed by atoms with Gasteiger partial charge in [-0.05, 0) is 44.5 Å². The van der Waals surface area contributed by atoms with E-state index in [1.165, 1.54) is 26.4 Å². The van der Waals surface area contributed by atoms with Crippen molar-refractivity contribution < 1.29 is 28.2 Å². The summed E-state index contributed by atoms with van der Waals surface area (Å²) in [5.74, 6) is -0.546. The molecule has 7 heteroatoms. The van der Waals surface area contributed by atoms with Crippen molar-refractivity contribution in [3.05, 3.63) is 70.7 Å². The zero-order chi connectivity index (χ0) is 23.4. The summed E-state index contributed by atoms with van der Waals surface area (Å²) in [6, 6.07) is 11.3. The molecule has 6 nitrogen and oxygen atoms in total. The number of halogens is 1. The Hall–Kier alpha value is -3.35. The third-order valence-corrected chi connectivity index (χ3v) is 5.45. The Balaban J connectivity index is 2.10. The van der Waals surface area contributed by atoms with Gasteiger partial charge in [0, 0.05) is 23.6 Å². The molecule has 1 unspecified atom stereocenters. The first-order chi connectivity index (χ1) is 15.3. The van der Waals surface area contributed by atoms with Crippen LogP contribution < -0.4 is 9.47 Å². The van der Waals surface area contributed by atoms with Crippen molar-refractivity contribution in [2.45, 2.75) is 45.8 Å². The summed E-state index contributed by atoms with van der Waals surface area (Å²) < 4.78 is 29.8. The van der Waals surface area contributed by atoms with E-state index in [1.807, 2.05) is 6.07 Å². The van der Waals surface area contributed by atoms with Crippen molar-refractivity contribution in [1.29, 1.82) is 0 Å². The molecule has 1 atom stereocenters. The molecule has 32 heavy (non-hydrogen) atoms. The number of para-hydroxylation sites is 1. The average molecular weight is 441 g/mol. The molecule has 0 bridgehead atoms. The second-order valence-corrected chi connectivity index (χ2v) is 7.90. The van der Waals surface area contributed by atoms with E-state index < -0.39 is 11.9 Å². The van der Waals surface area contributed by atoms with Crippen LogP contribution in [0.1, 0.15) is 44.2 Å². The number of carbonyl (C=O) groups is 2. The summed E-state index contributed by atoms with van der Waals surface area (Å²) in [6.45, 7) is 5.51. The zero-order valence-electron chi connectivity index (χ0n) is 19.0. The standard InChI is InChI=1S/C25H28FNO5/c1-15(2)32-25(29)23-16(3)27(14-17-9-11-18(26)12-10-17)22(28)13-20(23)19-7-6-8-21(30-4)24(19)31-5/h6-12,15,20H,13-14H2,1-5H3. The van der Waals surface area contributed by atoms with E-state index in [9.17, 15) is 14.0 Å². The molecule has 0 aromatic heterocycles. The normalized spacial score (nSPS) is 16.4. The van der Waals surface area contributed by atoms with Gasteiger partial charge < -0.3 is 19.1 Å². The smallest absolute Gasteiger partial charge is 0.336 e. The van der Waals surface area contributed by atoms with Crippen molar-refractivity contribution in [2.75, 3.05) is 14.2 Å². The number of carbonyl (C=O) groups excluding carboxylic acids is 2. The SMILES string of the molecule is COc1cccc(C2CC(=O)N(Cc3ccc(F)cc3)C(C)=C2C(=O)OC(C)C)c1OC. The van der Waals surface area contributed by atoms with Crippen molar-refractivity contribution in [2.24, 2.45) is 0 Å². The molecule has 0 spiro atoms. The molecule has 2 aromatic rings. The number of allylic oxidation sites excluding steroid dienone is 1. The number of hydrogen-bond acceptors (Lipinski definition) is 5. The number of hydrogen-bond donors (Lipinski definition) is 0. The topological polar surface area (TPSA) is 65.1 Å². The van der Waals surface area contributed by atoms with Crippen LogP contribution in [0.3, 0.4) is 0 Å². The largest absolute Gasteiger partial charge is 0.493 e. The molecule has 2 aromatic carbocycles. The zero-order valence-corrected chi connectivity index (χ0v) is 19.0. The van der Waals surface area contributed by atoms with Crippen LogP contribution in [0.2, 0.25) is 0 Å². The van der Waals surface area contributed by atoms with Gasteiger partial charge in [-0.25, -0.2) is 9.18 Å². The maximum absolute atomic E-state index is 13.3. The molecular weight excluding hydrogens is 413 g/mol. The van der Waals surface area contributed by atoms with Crippen molar-refractivity contribution >= 4 is 11.9 Å². The van der Waals surface area contributed by atoms with Crippen LogP contribution in [-0.2, 0) is 20.9 Å². The Morgan fingerprint density at radius 1 is 1.12 bits per heavy atom. The van der Waals surface area contributed by atoms with Gasteiger partial charge in [-0.1, -0.05) is 24.3 Å². The summed E-state index contributed by atoms with van der Waals surface area (Å²) >= 11 is 0. The second kappa shape index (κ2) is 9.85. The van der Waals surface area contributed by atoms with E-state index >= 15 is 0 Å². The lowest BCUT2D eigenvalue weighted by Crippen LogP contribution is -2.38. The monoisotopic (exact) mass is 441 g/mol. The van der Waals surface area contributed by atoms with Crippen LogP contribution >= 0.6 is 0 Å². The van der Waals surface area contributed by atoms with E-state index in [-0.39, 0.29) is 30.8 Å². The second-order valence-electron chi connectivity index (χ2n) is 7.90. The lowest BCUT2D eigenvalue weighted by Gasteiger charge is -2.35. The van der Waals surface area contributed by atoms with Crippen LogP contribution in [0.4, 0.5) is 4.39 Å². The summed E-state index contributed by atoms with van der Waals surface area (Å²) in [7, 11) is 3.06. The highest BCUT2D eigenvalue weighted by Gasteiger charge is 2.39. The fraction of sp³-hybridized carbons (Fsp3) is 0.360. The number of ether oxygens (including phenoxy) is 3. The van der Waals surface area contributed by atoms with E-state index in [0.29, 0.717) is 28.3 Å². The van der Waals surface area contributed by atoms with Crippen molar-refractivity contribution in [1.82, 2.24) is 4.90 Å². The maximum Gasteiger partial charge on any atom is 0.336 e. The molecule has 1 aliphatic heterocycles. The predicted molar refractivity (Wildman–Crippen MR) is 118 cm³/mol. The third-order valence-electron chi connectivity index (χ3n) is 5.45. The molecule has 3 rings (SSSR count). The summed E-state index contributed by atoms with van der Waals surface area (Å²) in [5.41, 5.74) is 2.34. The lowest BCUT2D eigenvalue weighted by atomic mass is 9.83. The Morgan fingerprint density at radius 2 is 1.81 bits per heavy atom. The maximum atomic E-state index is 13.3. The van der Waals surface area contributed by atoms with Crippen LogP contribution in [0, 0.1) is 5.82 Å². The minimum atomic E-state index is -0.553. The predicted octanol–water partition coefficient (Wildman–Crippen LogP) is 4.58. The van der Waals surface area contributed by atoms with Crippen LogP contribution in [-0.4, -0.2) is 37.1 Å². The fourth-order valence-corrected chi connectivity index (χ4v) is 3.97. The third kappa shape index (κ3) is 4.77. The minimum absolute atomic E-state index is 0.0601. The van der Waals surface area contributed by atoms with Crippen LogP contribution in [0.15, 0.2) is 53.7 Å². The van der Waals surface area contributed by atoms with Crippen molar-refractivity contribution in [3.8, 4) is 11.5 Å². The summed E-state index contributed by atoms with van der Waals surface area (Å²) in [4.78, 5) is 27.9. The highest BCUT2D eigenvalue weighted by molar-refractivity contribution is 5.96. The van der Waals surface area contributed by atoms with Gasteiger partial charge in [-0.3, -0.25) is 4.79 Å². The molecule has 1 amide bonds. The molecule has 0 radical (unpaired) electrons. The lowest BCUT2D eigenvalue weighted by molar-refractivity contribution is -0.143. The number of benzene rings is 2. The van der Waals surface area contributed by atoms with Crippen LogP contribution in [0.25, 0.3) is 0 Å². The van der Waals surface area contributed by atoms with Gasteiger partial charge >= 0.3 is 5.97 Å². The number of methoxy groups -OCH3 is 2. The van der Waals surface area contributed by atoms with E-state index in [0.717, 1.165) is 5.56 Å². The van der Waals surface area contributed by atoms with E-state index in [1.54, 1.807) is 49.9 Å². The number of amides is 1. The molecule has 0 N–H and O–H groups in total. The Bertz CT molecular complexity index is 1030. The molecule has 1 aliphatic rings. The quantitative estimate of drug-likeness (QED) is 0.589. The van der Waals surface area contributed by atoms with Gasteiger partial charge in [0.15, 0.2) is 11.5 Å². The highest BCUT2D eigenvalue weighted by atomic mass is 19.1. The molecule has 0 saturated heterocycles. The minimum Gasteiger partial charge on any atom is -0.493 e. The Labute approximate surface area is 187 Å². The Kier molecular flexibility index (Phi) is 7.18. The first kappa shape index (κ1) is 23.3. The van der Waals surface area contributed by atoms with E-state index in [4.69, 9.17) is 14.2 Å². The first-order valence-corrected chi connectivity index (χ1v) is 10.4. The summed E-state index contributed by atoms with van der Waals surface area (Å²) in [6.07, 6.45) is -0.260. The molecule has 170 valence electrons. The van der Waals surface area contributed by atoms with Gasteiger partial charge in [0.2, 0.25) is 5.91 Å².